The molecule has 0 fully saturated rings. The van der Waals surface area contributed by atoms with Gasteiger partial charge in [-0.15, -0.1) is 0 Å². The summed E-state index contributed by atoms with van der Waals surface area (Å²) in [6, 6.07) is 4.25. The lowest BCUT2D eigenvalue weighted by Crippen LogP contribution is -1.99. The first-order valence-corrected chi connectivity index (χ1v) is 7.17. The van der Waals surface area contributed by atoms with Crippen LogP contribution in [0, 0.1) is 19.8 Å². The summed E-state index contributed by atoms with van der Waals surface area (Å²) in [5, 5.41) is 0. The Morgan fingerprint density at radius 2 is 1.56 bits per heavy atom. The Hall–Kier alpha value is -1.11. The zero-order valence-corrected chi connectivity index (χ0v) is 13.8. The Balaban J connectivity index is 0. The van der Waals surface area contributed by atoms with Gasteiger partial charge in [-0.3, -0.25) is 4.98 Å². The van der Waals surface area contributed by atoms with Crippen LogP contribution in [0.2, 0.25) is 0 Å². The lowest BCUT2D eigenvalue weighted by atomic mass is 9.94. The normalized spacial score (nSPS) is 10.2. The second-order valence-electron chi connectivity index (χ2n) is 3.98. The highest BCUT2D eigenvalue weighted by Gasteiger charge is 2.08. The average molecular weight is 249 g/mol. The molecule has 0 amide bonds. The highest BCUT2D eigenvalue weighted by atomic mass is 14.7. The predicted octanol–water partition coefficient (Wildman–Crippen LogP) is 5.81. The number of rotatable bonds is 2. The van der Waals surface area contributed by atoms with E-state index < -0.39 is 0 Å². The lowest BCUT2D eigenvalue weighted by Gasteiger charge is -2.13. The number of pyridine rings is 1. The molecule has 0 saturated carbocycles. The molecule has 0 spiro atoms. The van der Waals surface area contributed by atoms with Crippen molar-refractivity contribution >= 4 is 5.57 Å². The summed E-state index contributed by atoms with van der Waals surface area (Å²) in [4.78, 5) is 4.48. The van der Waals surface area contributed by atoms with Crippen molar-refractivity contribution in [3.05, 3.63) is 35.2 Å². The van der Waals surface area contributed by atoms with Gasteiger partial charge in [-0.2, -0.15) is 0 Å². The first-order valence-electron chi connectivity index (χ1n) is 7.17. The van der Waals surface area contributed by atoms with E-state index in [2.05, 4.69) is 50.9 Å². The smallest absolute Gasteiger partial charge is 0.0450 e. The molecule has 1 heteroatoms. The van der Waals surface area contributed by atoms with E-state index in [1.165, 1.54) is 11.1 Å². The van der Waals surface area contributed by atoms with Crippen molar-refractivity contribution in [2.75, 3.05) is 0 Å². The fourth-order valence-corrected chi connectivity index (χ4v) is 1.79. The van der Waals surface area contributed by atoms with Crippen molar-refractivity contribution in [2.24, 2.45) is 5.92 Å². The van der Waals surface area contributed by atoms with E-state index in [0.717, 1.165) is 11.4 Å². The van der Waals surface area contributed by atoms with Crippen LogP contribution in [-0.2, 0) is 0 Å². The minimum Gasteiger partial charge on any atom is -0.258 e. The molecule has 1 aromatic heterocycles. The molecule has 1 aromatic rings. The van der Waals surface area contributed by atoms with Crippen LogP contribution in [0.25, 0.3) is 5.57 Å². The molecule has 0 atom stereocenters. The Labute approximate surface area is 114 Å². The minimum atomic E-state index is 0.559. The van der Waals surface area contributed by atoms with E-state index in [1.807, 2.05) is 34.6 Å². The van der Waals surface area contributed by atoms with E-state index >= 15 is 0 Å². The van der Waals surface area contributed by atoms with Crippen LogP contribution in [0.1, 0.15) is 65.4 Å². The molecule has 0 unspecified atom stereocenters. The maximum atomic E-state index is 4.48. The van der Waals surface area contributed by atoms with Gasteiger partial charge in [0, 0.05) is 11.4 Å². The summed E-state index contributed by atoms with van der Waals surface area (Å²) < 4.78 is 0. The molecule has 0 radical (unpaired) electrons. The monoisotopic (exact) mass is 249 g/mol. The molecule has 18 heavy (non-hydrogen) atoms. The number of allylic oxidation sites excluding steroid dienone is 2. The third kappa shape index (κ3) is 6.00. The SMILES string of the molecule is C/C=C(\c1ccc(C)nc1C)C(C)C.CC.CC. The lowest BCUT2D eigenvalue weighted by molar-refractivity contribution is 0.849. The predicted molar refractivity (Wildman–Crippen MR) is 84.9 cm³/mol. The second-order valence-corrected chi connectivity index (χ2v) is 3.98. The van der Waals surface area contributed by atoms with E-state index in [-0.39, 0.29) is 0 Å². The van der Waals surface area contributed by atoms with Gasteiger partial charge in [-0.1, -0.05) is 53.7 Å². The largest absolute Gasteiger partial charge is 0.258 e. The topological polar surface area (TPSA) is 12.9 Å². The van der Waals surface area contributed by atoms with E-state index in [0.29, 0.717) is 5.92 Å². The van der Waals surface area contributed by atoms with Crippen LogP contribution < -0.4 is 0 Å². The molecule has 0 aliphatic heterocycles. The van der Waals surface area contributed by atoms with E-state index in [9.17, 15) is 0 Å². The van der Waals surface area contributed by atoms with Gasteiger partial charge in [0.25, 0.3) is 0 Å². The Morgan fingerprint density at radius 1 is 1.06 bits per heavy atom. The Kier molecular flexibility index (Phi) is 11.8. The first kappa shape index (κ1) is 19.2. The van der Waals surface area contributed by atoms with Crippen molar-refractivity contribution in [1.29, 1.82) is 0 Å². The van der Waals surface area contributed by atoms with Crippen LogP contribution >= 0.6 is 0 Å². The first-order chi connectivity index (χ1) is 8.56. The summed E-state index contributed by atoms with van der Waals surface area (Å²) in [6.07, 6.45) is 2.18. The fourth-order valence-electron chi connectivity index (χ4n) is 1.79. The highest BCUT2D eigenvalue weighted by Crippen LogP contribution is 2.24. The second kappa shape index (κ2) is 11.0. The molecule has 0 N–H and O–H groups in total. The van der Waals surface area contributed by atoms with Crippen LogP contribution in [0.15, 0.2) is 18.2 Å². The van der Waals surface area contributed by atoms with Crippen molar-refractivity contribution in [1.82, 2.24) is 4.98 Å². The number of nitrogens with zero attached hydrogens (tertiary/aromatic N) is 1. The zero-order chi connectivity index (χ0) is 14.7. The van der Waals surface area contributed by atoms with Crippen molar-refractivity contribution < 1.29 is 0 Å². The van der Waals surface area contributed by atoms with Gasteiger partial charge < -0.3 is 0 Å². The number of hydrogen-bond donors (Lipinski definition) is 0. The van der Waals surface area contributed by atoms with Gasteiger partial charge in [0.1, 0.15) is 0 Å². The molecule has 104 valence electrons. The molecule has 1 nitrogen and oxygen atoms in total. The van der Waals surface area contributed by atoms with E-state index in [4.69, 9.17) is 0 Å². The van der Waals surface area contributed by atoms with Gasteiger partial charge in [-0.25, -0.2) is 0 Å². The molecule has 0 aliphatic rings. The standard InChI is InChI=1S/C13H19N.2C2H6/c1-6-12(9(2)3)13-8-7-10(4)14-11(13)5;2*1-2/h6-9H,1-5H3;2*1-2H3/b12-6-;;. The van der Waals surface area contributed by atoms with Crippen molar-refractivity contribution in [3.8, 4) is 0 Å². The summed E-state index contributed by atoms with van der Waals surface area (Å²) in [7, 11) is 0. The van der Waals surface area contributed by atoms with Gasteiger partial charge in [-0.05, 0) is 43.9 Å². The molecular weight excluding hydrogens is 218 g/mol. The molecule has 0 aliphatic carbocycles. The van der Waals surface area contributed by atoms with Crippen molar-refractivity contribution in [2.45, 2.75) is 62.3 Å². The van der Waals surface area contributed by atoms with E-state index in [1.54, 1.807) is 0 Å². The highest BCUT2D eigenvalue weighted by molar-refractivity contribution is 5.68. The Bertz CT molecular complexity index is 349. The number of aryl methyl sites for hydroxylation is 2. The summed E-state index contributed by atoms with van der Waals surface area (Å²) in [5.41, 5.74) is 4.89. The van der Waals surface area contributed by atoms with Gasteiger partial charge in [0.15, 0.2) is 0 Å². The van der Waals surface area contributed by atoms with Crippen LogP contribution in [0.5, 0.6) is 0 Å². The summed E-state index contributed by atoms with van der Waals surface area (Å²) in [6.45, 7) is 18.6. The molecular formula is C17H31N. The maximum absolute atomic E-state index is 4.48. The molecule has 1 heterocycles. The average Bonchev–Trinajstić information content (AvgIpc) is 2.37. The minimum absolute atomic E-state index is 0.559. The maximum Gasteiger partial charge on any atom is 0.0450 e. The Morgan fingerprint density at radius 3 is 1.89 bits per heavy atom. The third-order valence-electron chi connectivity index (χ3n) is 2.47. The molecule has 0 saturated heterocycles. The van der Waals surface area contributed by atoms with Crippen LogP contribution in [0.4, 0.5) is 0 Å². The van der Waals surface area contributed by atoms with Gasteiger partial charge in [0.05, 0.1) is 0 Å². The third-order valence-corrected chi connectivity index (χ3v) is 2.47. The van der Waals surface area contributed by atoms with Crippen LogP contribution in [0.3, 0.4) is 0 Å². The van der Waals surface area contributed by atoms with Gasteiger partial charge in [0.2, 0.25) is 0 Å². The fraction of sp³-hybridized carbons (Fsp3) is 0.588. The number of hydrogen-bond acceptors (Lipinski definition) is 1. The zero-order valence-electron chi connectivity index (χ0n) is 13.8. The molecule has 0 bridgehead atoms. The molecule has 1 rings (SSSR count). The quantitative estimate of drug-likeness (QED) is 0.644. The number of aromatic nitrogens is 1. The van der Waals surface area contributed by atoms with Gasteiger partial charge >= 0.3 is 0 Å². The van der Waals surface area contributed by atoms with Crippen LogP contribution in [-0.4, -0.2) is 4.98 Å². The van der Waals surface area contributed by atoms with Crippen molar-refractivity contribution in [3.63, 3.8) is 0 Å². The summed E-state index contributed by atoms with van der Waals surface area (Å²) >= 11 is 0. The molecule has 0 aromatic carbocycles. The summed E-state index contributed by atoms with van der Waals surface area (Å²) in [5.74, 6) is 0.559.